The summed E-state index contributed by atoms with van der Waals surface area (Å²) in [6.45, 7) is 0. The van der Waals surface area contributed by atoms with Gasteiger partial charge in [0.25, 0.3) is 0 Å². The van der Waals surface area contributed by atoms with E-state index in [9.17, 15) is 4.39 Å². The van der Waals surface area contributed by atoms with E-state index in [1.165, 1.54) is 12.1 Å². The molecule has 1 aliphatic rings. The van der Waals surface area contributed by atoms with Crippen LogP contribution in [0, 0.1) is 11.6 Å². The number of hydrogen-bond acceptors (Lipinski definition) is 0. The van der Waals surface area contributed by atoms with E-state index < -0.39 is 0 Å². The molecule has 1 aliphatic carbocycles. The van der Waals surface area contributed by atoms with Crippen molar-refractivity contribution in [3.05, 3.63) is 131 Å². The van der Waals surface area contributed by atoms with Crippen LogP contribution in [0.5, 0.6) is 0 Å². The Labute approximate surface area is 211 Å². The predicted molar refractivity (Wildman–Crippen MR) is 150 cm³/mol. The van der Waals surface area contributed by atoms with E-state index in [1.54, 1.807) is 18.2 Å². The summed E-state index contributed by atoms with van der Waals surface area (Å²) in [7, 11) is 0. The van der Waals surface area contributed by atoms with Crippen molar-refractivity contribution in [3.8, 4) is 11.1 Å². The zero-order valence-corrected chi connectivity index (χ0v) is 19.6. The lowest BCUT2D eigenvalue weighted by Crippen LogP contribution is -1.91. The lowest BCUT2D eigenvalue weighted by molar-refractivity contribution is 0.630. The van der Waals surface area contributed by atoms with Gasteiger partial charge in [0, 0.05) is 38.2 Å². The average Bonchev–Trinajstić information content (AvgIpc) is 3.45. The van der Waals surface area contributed by atoms with E-state index in [-0.39, 0.29) is 11.6 Å². The monoisotopic (exact) mass is 479 g/mol. The van der Waals surface area contributed by atoms with Crippen molar-refractivity contribution in [2.24, 2.45) is 0 Å². The molecule has 8 rings (SSSR count). The molecule has 0 saturated heterocycles. The number of nitrogens with one attached hydrogen (secondary N) is 1. The summed E-state index contributed by atoms with van der Waals surface area (Å²) in [4.78, 5) is 3.48. The smallest absolute Gasteiger partial charge is 0.131 e. The molecule has 1 aromatic heterocycles. The van der Waals surface area contributed by atoms with Crippen LogP contribution in [0.25, 0.3) is 66.1 Å². The van der Waals surface area contributed by atoms with Crippen LogP contribution in [-0.4, -0.2) is 4.98 Å². The molecular weight excluding hydrogens is 460 g/mol. The van der Waals surface area contributed by atoms with Crippen molar-refractivity contribution >= 4 is 55.0 Å². The summed E-state index contributed by atoms with van der Waals surface area (Å²) in [5.74, 6) is -0.560. The van der Waals surface area contributed by atoms with E-state index >= 15 is 4.39 Å². The van der Waals surface area contributed by atoms with E-state index in [2.05, 4.69) is 47.5 Å². The predicted octanol–water partition coefficient (Wildman–Crippen LogP) is 9.47. The van der Waals surface area contributed by atoms with Crippen LogP contribution in [0.3, 0.4) is 0 Å². The van der Waals surface area contributed by atoms with Crippen LogP contribution in [-0.2, 0) is 0 Å². The van der Waals surface area contributed by atoms with Crippen LogP contribution < -0.4 is 0 Å². The molecule has 1 heterocycles. The minimum absolute atomic E-state index is 0.267. The van der Waals surface area contributed by atoms with Gasteiger partial charge in [-0.05, 0) is 63.4 Å². The van der Waals surface area contributed by atoms with Crippen molar-refractivity contribution in [3.63, 3.8) is 0 Å². The quantitative estimate of drug-likeness (QED) is 0.241. The first-order valence-corrected chi connectivity index (χ1v) is 12.3. The molecule has 0 fully saturated rings. The Morgan fingerprint density at radius 1 is 0.595 bits per heavy atom. The van der Waals surface area contributed by atoms with Crippen LogP contribution in [0.2, 0.25) is 0 Å². The molecule has 6 aromatic carbocycles. The van der Waals surface area contributed by atoms with Gasteiger partial charge in [-0.1, -0.05) is 78.9 Å². The third-order valence-electron chi connectivity index (χ3n) is 7.64. The number of rotatable bonds is 1. The van der Waals surface area contributed by atoms with Crippen LogP contribution in [0.4, 0.5) is 8.78 Å². The lowest BCUT2D eigenvalue weighted by atomic mass is 9.91. The lowest BCUT2D eigenvalue weighted by Gasteiger charge is -2.12. The normalized spacial score (nSPS) is 13.7. The molecule has 0 unspecified atom stereocenters. The van der Waals surface area contributed by atoms with E-state index in [1.807, 2.05) is 36.4 Å². The molecule has 0 radical (unpaired) electrons. The second-order valence-electron chi connectivity index (χ2n) is 9.66. The minimum Gasteiger partial charge on any atom is -0.354 e. The van der Waals surface area contributed by atoms with Gasteiger partial charge in [0.15, 0.2) is 0 Å². The van der Waals surface area contributed by atoms with Gasteiger partial charge in [0.2, 0.25) is 0 Å². The summed E-state index contributed by atoms with van der Waals surface area (Å²) in [6, 6.07) is 32.7. The molecule has 0 saturated carbocycles. The number of benzene rings is 6. The number of H-pyrrole nitrogens is 1. The maximum absolute atomic E-state index is 15.8. The summed E-state index contributed by atoms with van der Waals surface area (Å²) in [5.41, 5.74) is 7.62. The fourth-order valence-electron chi connectivity index (χ4n) is 6.16. The molecular formula is C34H19F2N. The first kappa shape index (κ1) is 20.4. The highest BCUT2D eigenvalue weighted by molar-refractivity contribution is 6.32. The number of hydrogen-bond donors (Lipinski definition) is 1. The molecule has 0 aliphatic heterocycles. The molecule has 0 spiro atoms. The highest BCUT2D eigenvalue weighted by Gasteiger charge is 2.32. The van der Waals surface area contributed by atoms with Crippen LogP contribution >= 0.6 is 0 Å². The first-order chi connectivity index (χ1) is 18.2. The maximum atomic E-state index is 15.8. The molecule has 3 heteroatoms. The molecule has 0 bridgehead atoms. The highest BCUT2D eigenvalue weighted by atomic mass is 19.1. The molecule has 0 amide bonds. The zero-order chi connectivity index (χ0) is 24.7. The van der Waals surface area contributed by atoms with Crippen molar-refractivity contribution in [2.45, 2.75) is 0 Å². The van der Waals surface area contributed by atoms with Gasteiger partial charge in [-0.25, -0.2) is 8.78 Å². The average molecular weight is 480 g/mol. The summed E-state index contributed by atoms with van der Waals surface area (Å²) >= 11 is 0. The Kier molecular flexibility index (Phi) is 4.07. The van der Waals surface area contributed by atoms with Crippen molar-refractivity contribution in [2.75, 3.05) is 0 Å². The molecule has 174 valence electrons. The van der Waals surface area contributed by atoms with Crippen molar-refractivity contribution in [1.82, 2.24) is 4.98 Å². The van der Waals surface area contributed by atoms with Gasteiger partial charge < -0.3 is 4.98 Å². The van der Waals surface area contributed by atoms with Gasteiger partial charge >= 0.3 is 0 Å². The van der Waals surface area contributed by atoms with Gasteiger partial charge in [-0.2, -0.15) is 0 Å². The molecule has 1 N–H and O–H groups in total. The summed E-state index contributed by atoms with van der Waals surface area (Å²) in [5, 5.41) is 5.34. The van der Waals surface area contributed by atoms with Crippen molar-refractivity contribution < 1.29 is 8.78 Å². The third kappa shape index (κ3) is 2.77. The Morgan fingerprint density at radius 3 is 2.30 bits per heavy atom. The standard InChI is InChI=1S/C34H19F2N/c35-21-14-16-28-25(18-21)33-31-23-15-13-20-9-4-5-10-22(20)29(23)26(17-19-7-2-1-3-8-19)32(31)30-24(34(33)37-28)11-6-12-27(30)36/h1-18,37H/b26-17+. The van der Waals surface area contributed by atoms with Crippen LogP contribution in [0.1, 0.15) is 16.7 Å². The van der Waals surface area contributed by atoms with Gasteiger partial charge in [-0.15, -0.1) is 0 Å². The van der Waals surface area contributed by atoms with E-state index in [0.717, 1.165) is 71.4 Å². The van der Waals surface area contributed by atoms with Gasteiger partial charge in [-0.3, -0.25) is 0 Å². The number of aromatic amines is 1. The van der Waals surface area contributed by atoms with E-state index in [0.29, 0.717) is 5.39 Å². The fraction of sp³-hybridized carbons (Fsp3) is 0. The Bertz CT molecular complexity index is 2100. The Morgan fingerprint density at radius 2 is 1.41 bits per heavy atom. The third-order valence-corrected chi connectivity index (χ3v) is 7.64. The van der Waals surface area contributed by atoms with E-state index in [4.69, 9.17) is 0 Å². The first-order valence-electron chi connectivity index (χ1n) is 12.3. The molecule has 1 nitrogen and oxygen atoms in total. The van der Waals surface area contributed by atoms with Crippen molar-refractivity contribution in [1.29, 1.82) is 0 Å². The summed E-state index contributed by atoms with van der Waals surface area (Å²) in [6.07, 6.45) is 2.16. The number of aromatic nitrogens is 1. The highest BCUT2D eigenvalue weighted by Crippen LogP contribution is 2.55. The SMILES string of the molecule is Fc1ccc2[nH]c3c4cccc(F)c4c4c(c3c2c1)-c1ccc2ccccc2c1/C4=C\c1ccccc1. The molecule has 37 heavy (non-hydrogen) atoms. The maximum Gasteiger partial charge on any atom is 0.131 e. The Balaban J connectivity index is 1.67. The zero-order valence-electron chi connectivity index (χ0n) is 19.6. The largest absolute Gasteiger partial charge is 0.354 e. The van der Waals surface area contributed by atoms with Gasteiger partial charge in [0.05, 0.1) is 5.52 Å². The number of fused-ring (bicyclic) bond motifs is 12. The molecule has 0 atom stereocenters. The molecule has 7 aromatic rings. The second-order valence-corrected chi connectivity index (χ2v) is 9.66. The van der Waals surface area contributed by atoms with Crippen LogP contribution in [0.15, 0.2) is 103 Å². The number of halogens is 2. The topological polar surface area (TPSA) is 15.8 Å². The summed E-state index contributed by atoms with van der Waals surface area (Å²) < 4.78 is 30.4. The second kappa shape index (κ2) is 7.37. The minimum atomic E-state index is -0.293. The Hall–Kier alpha value is -4.76. The fourth-order valence-corrected chi connectivity index (χ4v) is 6.16. The van der Waals surface area contributed by atoms with Gasteiger partial charge in [0.1, 0.15) is 11.6 Å².